The largest absolute Gasteiger partial charge is 0.503 e. The minimum absolute atomic E-state index is 0.195. The number of benzene rings is 1. The van der Waals surface area contributed by atoms with Gasteiger partial charge in [-0.05, 0) is 30.3 Å². The van der Waals surface area contributed by atoms with E-state index < -0.39 is 28.8 Å². The van der Waals surface area contributed by atoms with Gasteiger partial charge in [0.25, 0.3) is 5.91 Å². The maximum Gasteiger partial charge on any atom is 0.416 e. The van der Waals surface area contributed by atoms with Crippen molar-refractivity contribution in [3.63, 3.8) is 0 Å². The lowest BCUT2D eigenvalue weighted by atomic mass is 10.2. The summed E-state index contributed by atoms with van der Waals surface area (Å²) in [5.41, 5.74) is -1.60. The molecule has 7 nitrogen and oxygen atoms in total. The number of carbonyl (C=O) groups is 1. The minimum Gasteiger partial charge on any atom is -0.503 e. The van der Waals surface area contributed by atoms with Gasteiger partial charge in [0.2, 0.25) is 11.3 Å². The van der Waals surface area contributed by atoms with Gasteiger partial charge in [-0.3, -0.25) is 9.59 Å². The van der Waals surface area contributed by atoms with E-state index >= 15 is 0 Å². The molecule has 1 aromatic carbocycles. The highest BCUT2D eigenvalue weighted by molar-refractivity contribution is 6.04. The maximum atomic E-state index is 12.7. The third-order valence-corrected chi connectivity index (χ3v) is 3.56. The van der Waals surface area contributed by atoms with Gasteiger partial charge in [0.15, 0.2) is 11.4 Å². The van der Waals surface area contributed by atoms with Crippen LogP contribution in [-0.2, 0) is 6.18 Å². The van der Waals surface area contributed by atoms with E-state index in [2.05, 4.69) is 15.3 Å². The molecule has 1 amide bonds. The van der Waals surface area contributed by atoms with Gasteiger partial charge in [0, 0.05) is 30.2 Å². The van der Waals surface area contributed by atoms with E-state index in [0.717, 1.165) is 24.4 Å². The number of anilines is 1. The van der Waals surface area contributed by atoms with Gasteiger partial charge in [-0.15, -0.1) is 0 Å². The Labute approximate surface area is 155 Å². The topological polar surface area (TPSA) is 104 Å². The Bertz CT molecular complexity index is 1060. The van der Waals surface area contributed by atoms with Crippen LogP contribution in [0.3, 0.4) is 0 Å². The van der Waals surface area contributed by atoms with Gasteiger partial charge < -0.3 is 20.1 Å². The van der Waals surface area contributed by atoms with Crippen LogP contribution in [0.4, 0.5) is 18.9 Å². The van der Waals surface area contributed by atoms with Crippen LogP contribution >= 0.6 is 0 Å². The molecule has 0 radical (unpaired) electrons. The number of hydrogen-bond acceptors (Lipinski definition) is 5. The highest BCUT2D eigenvalue weighted by Gasteiger charge is 2.31. The number of halogens is 3. The Kier molecular flexibility index (Phi) is 5.03. The van der Waals surface area contributed by atoms with Crippen molar-refractivity contribution < 1.29 is 27.8 Å². The summed E-state index contributed by atoms with van der Waals surface area (Å²) in [5, 5.41) is 12.1. The zero-order valence-electron chi connectivity index (χ0n) is 13.9. The second-order valence-corrected chi connectivity index (χ2v) is 5.53. The first-order chi connectivity index (χ1) is 13.2. The number of alkyl halides is 3. The summed E-state index contributed by atoms with van der Waals surface area (Å²) in [6.07, 6.45) is -2.31. The fraction of sp³-hybridized carbons (Fsp3) is 0.0556. The van der Waals surface area contributed by atoms with Crippen LogP contribution in [-0.4, -0.2) is 21.0 Å². The van der Waals surface area contributed by atoms with Crippen molar-refractivity contribution in [2.75, 3.05) is 5.32 Å². The molecule has 0 atom stereocenters. The number of aromatic amines is 1. The van der Waals surface area contributed by atoms with Crippen LogP contribution in [0.2, 0.25) is 0 Å². The number of ether oxygens (including phenoxy) is 1. The predicted molar refractivity (Wildman–Crippen MR) is 92.4 cm³/mol. The van der Waals surface area contributed by atoms with Crippen LogP contribution in [0.5, 0.6) is 17.4 Å². The first kappa shape index (κ1) is 19.0. The zero-order chi connectivity index (χ0) is 20.3. The predicted octanol–water partition coefficient (Wildman–Crippen LogP) is 3.54. The molecule has 0 spiro atoms. The number of nitrogens with zero attached hydrogens (tertiary/aromatic N) is 1. The standard InChI is InChI=1S/C18H12F3N3O4/c19-18(20,21)10-5-7-22-14(9-10)28-12-3-1-11(2-4-12)24-17(27)15-16(26)13(25)6-8-23-15/h1-9,26H,(H,23,25)(H,24,27). The molecule has 3 N–H and O–H groups in total. The second-order valence-electron chi connectivity index (χ2n) is 5.53. The van der Waals surface area contributed by atoms with Crippen LogP contribution < -0.4 is 15.5 Å². The van der Waals surface area contributed by atoms with Crippen molar-refractivity contribution in [3.8, 4) is 17.4 Å². The fourth-order valence-electron chi connectivity index (χ4n) is 2.21. The van der Waals surface area contributed by atoms with Gasteiger partial charge in [-0.1, -0.05) is 0 Å². The van der Waals surface area contributed by atoms with E-state index in [4.69, 9.17) is 4.74 Å². The molecule has 0 aliphatic carbocycles. The molecule has 28 heavy (non-hydrogen) atoms. The molecule has 0 aliphatic rings. The molecule has 0 fully saturated rings. The van der Waals surface area contributed by atoms with Crippen molar-refractivity contribution in [2.24, 2.45) is 0 Å². The molecule has 0 bridgehead atoms. The van der Waals surface area contributed by atoms with Gasteiger partial charge >= 0.3 is 6.18 Å². The summed E-state index contributed by atoms with van der Waals surface area (Å²) >= 11 is 0. The van der Waals surface area contributed by atoms with Crippen molar-refractivity contribution >= 4 is 11.6 Å². The normalized spacial score (nSPS) is 11.1. The molecule has 10 heteroatoms. The van der Waals surface area contributed by atoms with E-state index in [1.165, 1.54) is 30.5 Å². The quantitative estimate of drug-likeness (QED) is 0.631. The molecule has 0 unspecified atom stereocenters. The number of aromatic hydroxyl groups is 1. The van der Waals surface area contributed by atoms with E-state index in [-0.39, 0.29) is 17.3 Å². The maximum absolute atomic E-state index is 12.7. The number of pyridine rings is 2. The lowest BCUT2D eigenvalue weighted by molar-refractivity contribution is -0.137. The van der Waals surface area contributed by atoms with E-state index in [0.29, 0.717) is 5.69 Å². The number of rotatable bonds is 4. The minimum atomic E-state index is -4.51. The van der Waals surface area contributed by atoms with Crippen LogP contribution in [0.25, 0.3) is 0 Å². The molecule has 0 saturated heterocycles. The summed E-state index contributed by atoms with van der Waals surface area (Å²) < 4.78 is 43.4. The average Bonchev–Trinajstić information content (AvgIpc) is 2.65. The number of aromatic nitrogens is 2. The summed E-state index contributed by atoms with van der Waals surface area (Å²) in [7, 11) is 0. The van der Waals surface area contributed by atoms with E-state index in [9.17, 15) is 27.9 Å². The highest BCUT2D eigenvalue weighted by atomic mass is 19.4. The number of nitrogens with one attached hydrogen (secondary N) is 2. The van der Waals surface area contributed by atoms with Gasteiger partial charge in [0.1, 0.15) is 5.75 Å². The molecule has 3 rings (SSSR count). The summed E-state index contributed by atoms with van der Waals surface area (Å²) in [6.45, 7) is 0. The summed E-state index contributed by atoms with van der Waals surface area (Å²) in [4.78, 5) is 29.7. The first-order valence-electron chi connectivity index (χ1n) is 7.77. The second kappa shape index (κ2) is 7.43. The Hall–Kier alpha value is -3.82. The molecule has 2 aromatic heterocycles. The Morgan fingerprint density at radius 2 is 1.86 bits per heavy atom. The van der Waals surface area contributed by atoms with Gasteiger partial charge in [0.05, 0.1) is 5.56 Å². The molecular weight excluding hydrogens is 379 g/mol. The van der Waals surface area contributed by atoms with Crippen LogP contribution in [0.1, 0.15) is 16.1 Å². The van der Waals surface area contributed by atoms with Crippen molar-refractivity contribution in [1.29, 1.82) is 0 Å². The van der Waals surface area contributed by atoms with Crippen molar-refractivity contribution in [2.45, 2.75) is 6.18 Å². The molecule has 2 heterocycles. The lowest BCUT2D eigenvalue weighted by Crippen LogP contribution is -2.16. The molecule has 0 aliphatic heterocycles. The summed E-state index contributed by atoms with van der Waals surface area (Å²) in [6, 6.07) is 8.34. The zero-order valence-corrected chi connectivity index (χ0v) is 13.9. The highest BCUT2D eigenvalue weighted by Crippen LogP contribution is 2.31. The van der Waals surface area contributed by atoms with Crippen LogP contribution in [0.15, 0.2) is 59.7 Å². The Morgan fingerprint density at radius 3 is 2.54 bits per heavy atom. The van der Waals surface area contributed by atoms with Gasteiger partial charge in [-0.2, -0.15) is 13.2 Å². The number of carbonyl (C=O) groups excluding carboxylic acids is 1. The van der Waals surface area contributed by atoms with Gasteiger partial charge in [-0.25, -0.2) is 4.98 Å². The van der Waals surface area contributed by atoms with Crippen molar-refractivity contribution in [1.82, 2.24) is 9.97 Å². The third kappa shape index (κ3) is 4.29. The first-order valence-corrected chi connectivity index (χ1v) is 7.77. The number of amides is 1. The molecular formula is C18H12F3N3O4. The fourth-order valence-corrected chi connectivity index (χ4v) is 2.21. The number of hydrogen-bond donors (Lipinski definition) is 3. The molecule has 144 valence electrons. The Morgan fingerprint density at radius 1 is 1.14 bits per heavy atom. The SMILES string of the molecule is O=C(Nc1ccc(Oc2cc(C(F)(F)F)ccn2)cc1)c1[nH]ccc(=O)c1O. The smallest absolute Gasteiger partial charge is 0.416 e. The molecule has 3 aromatic rings. The Balaban J connectivity index is 1.71. The van der Waals surface area contributed by atoms with E-state index in [1.807, 2.05) is 0 Å². The van der Waals surface area contributed by atoms with Crippen molar-refractivity contribution in [3.05, 3.63) is 76.3 Å². The van der Waals surface area contributed by atoms with E-state index in [1.54, 1.807) is 0 Å². The molecule has 0 saturated carbocycles. The third-order valence-electron chi connectivity index (χ3n) is 3.56. The summed E-state index contributed by atoms with van der Waals surface area (Å²) in [5.74, 6) is -1.50. The van der Waals surface area contributed by atoms with Crippen LogP contribution in [0, 0.1) is 0 Å². The average molecular weight is 391 g/mol. The monoisotopic (exact) mass is 391 g/mol. The number of H-pyrrole nitrogens is 1. The lowest BCUT2D eigenvalue weighted by Gasteiger charge is -2.10.